The fraction of sp³-hybridized carbons (Fsp3) is 0.953. The van der Waals surface area contributed by atoms with Crippen LogP contribution < -0.4 is 0 Å². The molecule has 0 amide bonds. The highest BCUT2D eigenvalue weighted by Crippen LogP contribution is 2.45. The predicted molar refractivity (Wildman–Crippen MR) is 432 cm³/mol. The number of unbranched alkanes of at least 4 members (excludes halogenated alkanes) is 50. The van der Waals surface area contributed by atoms with Gasteiger partial charge in [0.15, 0.2) is 12.2 Å². The van der Waals surface area contributed by atoms with Gasteiger partial charge < -0.3 is 33.8 Å². The van der Waals surface area contributed by atoms with Gasteiger partial charge in [0.2, 0.25) is 0 Å². The van der Waals surface area contributed by atoms with Crippen LogP contribution in [0.1, 0.15) is 453 Å². The molecule has 3 N–H and O–H groups in total. The van der Waals surface area contributed by atoms with E-state index in [0.29, 0.717) is 25.7 Å². The fourth-order valence-corrected chi connectivity index (χ4v) is 14.9. The Labute approximate surface area is 645 Å². The van der Waals surface area contributed by atoms with Gasteiger partial charge in [-0.05, 0) is 43.4 Å². The average molecular weight is 1540 g/mol. The van der Waals surface area contributed by atoms with E-state index in [9.17, 15) is 43.2 Å². The van der Waals surface area contributed by atoms with Crippen LogP contribution in [0, 0.1) is 17.8 Å². The average Bonchev–Trinajstić information content (AvgIpc) is 0.918. The van der Waals surface area contributed by atoms with E-state index in [1.165, 1.54) is 257 Å². The molecule has 7 atom stereocenters. The molecule has 0 aliphatic heterocycles. The van der Waals surface area contributed by atoms with Crippen LogP contribution in [0.5, 0.6) is 0 Å². The van der Waals surface area contributed by atoms with E-state index < -0.39 is 97.5 Å². The summed E-state index contributed by atoms with van der Waals surface area (Å²) in [5, 5.41) is 10.7. The van der Waals surface area contributed by atoms with Gasteiger partial charge in [-0.3, -0.25) is 37.3 Å². The summed E-state index contributed by atoms with van der Waals surface area (Å²) in [6, 6.07) is 0. The minimum Gasteiger partial charge on any atom is -0.462 e. The Balaban J connectivity index is 5.20. The van der Waals surface area contributed by atoms with Crippen molar-refractivity contribution in [1.29, 1.82) is 0 Å². The smallest absolute Gasteiger partial charge is 0.462 e. The highest BCUT2D eigenvalue weighted by Gasteiger charge is 2.30. The Bertz CT molecular complexity index is 2030. The summed E-state index contributed by atoms with van der Waals surface area (Å²) in [4.78, 5) is 73.1. The van der Waals surface area contributed by atoms with Crippen LogP contribution in [0.3, 0.4) is 0 Å². The van der Waals surface area contributed by atoms with Crippen LogP contribution in [0.2, 0.25) is 0 Å². The second kappa shape index (κ2) is 76.1. The van der Waals surface area contributed by atoms with E-state index in [-0.39, 0.29) is 25.7 Å². The Morgan fingerprint density at radius 3 is 0.724 bits per heavy atom. The first kappa shape index (κ1) is 103. The molecule has 0 bridgehead atoms. The van der Waals surface area contributed by atoms with Crippen LogP contribution in [0.25, 0.3) is 0 Å². The molecule has 624 valence electrons. The van der Waals surface area contributed by atoms with Crippen molar-refractivity contribution in [1.82, 2.24) is 0 Å². The van der Waals surface area contributed by atoms with Crippen LogP contribution in [-0.4, -0.2) is 96.7 Å². The first-order chi connectivity index (χ1) is 50.8. The molecule has 17 nitrogen and oxygen atoms in total. The number of carbonyl (C=O) groups excluding carboxylic acids is 4. The third-order valence-electron chi connectivity index (χ3n) is 20.9. The van der Waals surface area contributed by atoms with Gasteiger partial charge in [0.25, 0.3) is 0 Å². The largest absolute Gasteiger partial charge is 0.472 e. The molecular formula is C86H168O17P2. The number of ether oxygens (including phenoxy) is 4. The number of rotatable bonds is 84. The summed E-state index contributed by atoms with van der Waals surface area (Å²) < 4.78 is 68.8. The molecule has 0 heterocycles. The van der Waals surface area contributed by atoms with Gasteiger partial charge in [-0.1, -0.05) is 402 Å². The quantitative estimate of drug-likeness (QED) is 0.0222. The number of hydrogen-bond acceptors (Lipinski definition) is 15. The Morgan fingerprint density at radius 2 is 0.486 bits per heavy atom. The lowest BCUT2D eigenvalue weighted by Crippen LogP contribution is -2.30. The molecule has 4 unspecified atom stereocenters. The SMILES string of the molecule is CCCCCCCCCCCCCCCCCCCCCCCCC(=O)O[C@H](COC(=O)CCCCCCCCCCCCCCCCCCCCC(C)C)COP(=O)(O)OC[C@@H](O)COP(=O)(O)OC[C@@H](COC(=O)CCCCCCCCC(C)CC)OC(=O)CCCCCCCCCCC(C)CC. The zero-order valence-electron chi connectivity index (χ0n) is 69.2. The highest BCUT2D eigenvalue weighted by atomic mass is 31.2. The Kier molecular flexibility index (Phi) is 74.7. The highest BCUT2D eigenvalue weighted by molar-refractivity contribution is 7.47. The van der Waals surface area contributed by atoms with E-state index >= 15 is 0 Å². The first-order valence-electron chi connectivity index (χ1n) is 44.4. The predicted octanol–water partition coefficient (Wildman–Crippen LogP) is 26.1. The van der Waals surface area contributed by atoms with E-state index in [1.54, 1.807) is 0 Å². The normalized spacial score (nSPS) is 14.4. The van der Waals surface area contributed by atoms with Gasteiger partial charge in [0.1, 0.15) is 19.3 Å². The zero-order chi connectivity index (χ0) is 77.2. The van der Waals surface area contributed by atoms with E-state index in [4.69, 9.17) is 37.0 Å². The van der Waals surface area contributed by atoms with Crippen molar-refractivity contribution in [2.75, 3.05) is 39.6 Å². The van der Waals surface area contributed by atoms with Gasteiger partial charge in [-0.2, -0.15) is 0 Å². The standard InChI is InChI=1S/C86H168O17P2/c1-8-11-12-13-14-15-16-17-18-19-20-21-22-23-28-31-34-37-40-46-55-62-69-85(90)102-81(73-96-83(88)67-60-53-45-39-36-33-30-27-25-24-26-29-32-35-38-43-50-57-64-77(4)5)75-100-104(92,93)98-71-80(87)72-99-105(94,95)101-76-82(74-97-84(89)68-61-54-49-48-52-59-66-79(7)10-3)103-86(91)70-63-56-47-42-41-44-51-58-65-78(6)9-2/h77-82,87H,8-76H2,1-7H3,(H,92,93)(H,94,95)/t78?,79?,80-,81-,82-/m1/s1. The van der Waals surface area contributed by atoms with Crippen molar-refractivity contribution in [2.24, 2.45) is 17.8 Å². The van der Waals surface area contributed by atoms with E-state index in [2.05, 4.69) is 48.5 Å². The van der Waals surface area contributed by atoms with E-state index in [1.807, 2.05) is 0 Å². The number of phosphoric ester groups is 2. The fourth-order valence-electron chi connectivity index (χ4n) is 13.3. The lowest BCUT2D eigenvalue weighted by molar-refractivity contribution is -0.161. The molecular weight excluding hydrogens is 1370 g/mol. The molecule has 19 heteroatoms. The van der Waals surface area contributed by atoms with Crippen molar-refractivity contribution in [3.63, 3.8) is 0 Å². The molecule has 0 aromatic rings. The van der Waals surface area contributed by atoms with Crippen molar-refractivity contribution >= 4 is 39.5 Å². The third-order valence-corrected chi connectivity index (χ3v) is 22.8. The van der Waals surface area contributed by atoms with Crippen LogP contribution in [0.15, 0.2) is 0 Å². The van der Waals surface area contributed by atoms with E-state index in [0.717, 1.165) is 114 Å². The molecule has 0 aromatic heterocycles. The molecule has 0 aliphatic rings. The van der Waals surface area contributed by atoms with Crippen molar-refractivity contribution in [3.05, 3.63) is 0 Å². The first-order valence-corrected chi connectivity index (χ1v) is 47.4. The molecule has 0 radical (unpaired) electrons. The second-order valence-electron chi connectivity index (χ2n) is 31.9. The molecule has 0 aromatic carbocycles. The Hall–Kier alpha value is -1.94. The number of aliphatic hydroxyl groups excluding tert-OH is 1. The summed E-state index contributed by atoms with van der Waals surface area (Å²) in [5.41, 5.74) is 0. The molecule has 105 heavy (non-hydrogen) atoms. The van der Waals surface area contributed by atoms with Gasteiger partial charge in [0.05, 0.1) is 26.4 Å². The van der Waals surface area contributed by atoms with Gasteiger partial charge in [-0.15, -0.1) is 0 Å². The number of carbonyl (C=O) groups is 4. The third kappa shape index (κ3) is 77.2. The molecule has 0 saturated carbocycles. The number of aliphatic hydroxyl groups is 1. The zero-order valence-corrected chi connectivity index (χ0v) is 71.0. The molecule has 0 fully saturated rings. The second-order valence-corrected chi connectivity index (χ2v) is 34.8. The molecule has 0 saturated heterocycles. The number of esters is 4. The lowest BCUT2D eigenvalue weighted by Gasteiger charge is -2.21. The summed E-state index contributed by atoms with van der Waals surface area (Å²) in [7, 11) is -9.93. The topological polar surface area (TPSA) is 237 Å². The maximum atomic E-state index is 13.1. The monoisotopic (exact) mass is 1540 g/mol. The number of hydrogen-bond donors (Lipinski definition) is 3. The van der Waals surface area contributed by atoms with Crippen LogP contribution >= 0.6 is 15.6 Å². The molecule has 0 spiro atoms. The maximum absolute atomic E-state index is 13.1. The summed E-state index contributed by atoms with van der Waals surface area (Å²) in [6.07, 6.45) is 66.9. The minimum atomic E-state index is -4.97. The summed E-state index contributed by atoms with van der Waals surface area (Å²) >= 11 is 0. The number of phosphoric acid groups is 2. The Morgan fingerprint density at radius 1 is 0.276 bits per heavy atom. The van der Waals surface area contributed by atoms with Gasteiger partial charge in [0, 0.05) is 25.7 Å². The molecule has 0 aliphatic carbocycles. The van der Waals surface area contributed by atoms with Crippen molar-refractivity contribution < 1.29 is 80.2 Å². The maximum Gasteiger partial charge on any atom is 0.472 e. The minimum absolute atomic E-state index is 0.104. The summed E-state index contributed by atoms with van der Waals surface area (Å²) in [5.74, 6) is 0.213. The van der Waals surface area contributed by atoms with Crippen LogP contribution in [0.4, 0.5) is 0 Å². The van der Waals surface area contributed by atoms with Crippen molar-refractivity contribution in [2.45, 2.75) is 471 Å². The van der Waals surface area contributed by atoms with Gasteiger partial charge >= 0.3 is 39.5 Å². The summed E-state index contributed by atoms with van der Waals surface area (Å²) in [6.45, 7) is 12.0. The molecule has 0 rings (SSSR count). The van der Waals surface area contributed by atoms with Crippen LogP contribution in [-0.2, 0) is 65.4 Å². The van der Waals surface area contributed by atoms with Gasteiger partial charge in [-0.25, -0.2) is 9.13 Å². The lowest BCUT2D eigenvalue weighted by atomic mass is 9.99. The van der Waals surface area contributed by atoms with Crippen molar-refractivity contribution in [3.8, 4) is 0 Å².